The van der Waals surface area contributed by atoms with Crippen LogP contribution in [0, 0.1) is 0 Å². The zero-order valence-electron chi connectivity index (χ0n) is 16.6. The summed E-state index contributed by atoms with van der Waals surface area (Å²) in [6.07, 6.45) is 1.37. The number of aromatic carboxylic acids is 1. The Labute approximate surface area is 176 Å². The molecule has 3 N–H and O–H groups in total. The minimum absolute atomic E-state index is 0.0705. The van der Waals surface area contributed by atoms with Gasteiger partial charge < -0.3 is 20.3 Å². The SMILES string of the molecule is O=C(O)c1ccc(-c2ccc3c(c2)CC[C@H](CNCC(O)c2ccccc2)O3)cc1. The minimum atomic E-state index is -0.920. The summed E-state index contributed by atoms with van der Waals surface area (Å²) in [5, 5.41) is 22.6. The third-order valence-corrected chi connectivity index (χ3v) is 5.45. The lowest BCUT2D eigenvalue weighted by Gasteiger charge is -2.27. The molecule has 4 rings (SSSR count). The van der Waals surface area contributed by atoms with Crippen LogP contribution in [0.15, 0.2) is 72.8 Å². The molecule has 0 radical (unpaired) electrons. The molecule has 1 aliphatic heterocycles. The van der Waals surface area contributed by atoms with Crippen molar-refractivity contribution in [3.63, 3.8) is 0 Å². The Kier molecular flexibility index (Phi) is 6.12. The number of ether oxygens (including phenoxy) is 1. The number of rotatable bonds is 7. The number of carbonyl (C=O) groups is 1. The summed E-state index contributed by atoms with van der Waals surface area (Å²) in [6, 6.07) is 22.7. The topological polar surface area (TPSA) is 78.8 Å². The molecule has 154 valence electrons. The maximum absolute atomic E-state index is 11.0. The summed E-state index contributed by atoms with van der Waals surface area (Å²) in [7, 11) is 0. The van der Waals surface area contributed by atoms with Crippen molar-refractivity contribution in [3.8, 4) is 16.9 Å². The largest absolute Gasteiger partial charge is 0.489 e. The van der Waals surface area contributed by atoms with E-state index in [1.165, 1.54) is 0 Å². The van der Waals surface area contributed by atoms with Gasteiger partial charge in [0.2, 0.25) is 0 Å². The van der Waals surface area contributed by atoms with Crippen LogP contribution in [0.25, 0.3) is 11.1 Å². The Morgan fingerprint density at radius 1 is 1.03 bits per heavy atom. The van der Waals surface area contributed by atoms with Gasteiger partial charge in [-0.2, -0.15) is 0 Å². The van der Waals surface area contributed by atoms with Gasteiger partial charge in [0, 0.05) is 13.1 Å². The Balaban J connectivity index is 1.34. The highest BCUT2D eigenvalue weighted by Gasteiger charge is 2.20. The molecule has 0 saturated carbocycles. The van der Waals surface area contributed by atoms with E-state index in [2.05, 4.69) is 11.4 Å². The van der Waals surface area contributed by atoms with Crippen molar-refractivity contribution < 1.29 is 19.7 Å². The first kappa shape index (κ1) is 20.1. The summed E-state index contributed by atoms with van der Waals surface area (Å²) in [6.45, 7) is 1.17. The second-order valence-corrected chi connectivity index (χ2v) is 7.57. The van der Waals surface area contributed by atoms with Crippen molar-refractivity contribution in [2.24, 2.45) is 0 Å². The average Bonchev–Trinajstić information content (AvgIpc) is 2.79. The molecular weight excluding hydrogens is 378 g/mol. The zero-order valence-corrected chi connectivity index (χ0v) is 16.6. The zero-order chi connectivity index (χ0) is 20.9. The molecule has 5 heteroatoms. The van der Waals surface area contributed by atoms with Gasteiger partial charge in [0.1, 0.15) is 11.9 Å². The molecule has 1 unspecified atom stereocenters. The van der Waals surface area contributed by atoms with Crippen molar-refractivity contribution in [1.29, 1.82) is 0 Å². The average molecular weight is 403 g/mol. The maximum atomic E-state index is 11.0. The second kappa shape index (κ2) is 9.11. The fourth-order valence-corrected chi connectivity index (χ4v) is 3.75. The van der Waals surface area contributed by atoms with E-state index in [0.717, 1.165) is 40.8 Å². The third-order valence-electron chi connectivity index (χ3n) is 5.45. The fourth-order valence-electron chi connectivity index (χ4n) is 3.75. The molecule has 0 spiro atoms. The summed E-state index contributed by atoms with van der Waals surface area (Å²) in [5.41, 5.74) is 4.39. The van der Waals surface area contributed by atoms with Crippen molar-refractivity contribution >= 4 is 5.97 Å². The number of benzene rings is 3. The highest BCUT2D eigenvalue weighted by molar-refractivity contribution is 5.88. The normalized spacial score (nSPS) is 16.4. The van der Waals surface area contributed by atoms with Crippen LogP contribution >= 0.6 is 0 Å². The predicted octanol–water partition coefficient (Wildman–Crippen LogP) is 4.07. The Morgan fingerprint density at radius 3 is 2.50 bits per heavy atom. The van der Waals surface area contributed by atoms with Crippen LogP contribution in [0.3, 0.4) is 0 Å². The first-order valence-corrected chi connectivity index (χ1v) is 10.2. The van der Waals surface area contributed by atoms with Crippen LogP contribution in [0.2, 0.25) is 0 Å². The van der Waals surface area contributed by atoms with Crippen LogP contribution in [-0.2, 0) is 6.42 Å². The van der Waals surface area contributed by atoms with Crippen molar-refractivity contribution in [1.82, 2.24) is 5.32 Å². The molecule has 3 aromatic rings. The molecule has 5 nitrogen and oxygen atoms in total. The molecule has 1 aliphatic rings. The summed E-state index contributed by atoms with van der Waals surface area (Å²) in [4.78, 5) is 11.0. The molecule has 30 heavy (non-hydrogen) atoms. The quantitative estimate of drug-likeness (QED) is 0.554. The van der Waals surface area contributed by atoms with Gasteiger partial charge in [-0.05, 0) is 59.4 Å². The monoisotopic (exact) mass is 403 g/mol. The number of fused-ring (bicyclic) bond motifs is 1. The van der Waals surface area contributed by atoms with E-state index in [4.69, 9.17) is 9.84 Å². The van der Waals surface area contributed by atoms with Gasteiger partial charge >= 0.3 is 5.97 Å². The molecular formula is C25H25NO4. The number of carboxylic acid groups (broad SMARTS) is 1. The summed E-state index contributed by atoms with van der Waals surface area (Å²) < 4.78 is 6.14. The van der Waals surface area contributed by atoms with Crippen molar-refractivity contribution in [2.75, 3.05) is 13.1 Å². The van der Waals surface area contributed by atoms with E-state index >= 15 is 0 Å². The van der Waals surface area contributed by atoms with E-state index < -0.39 is 12.1 Å². The minimum Gasteiger partial charge on any atom is -0.489 e. The van der Waals surface area contributed by atoms with Crippen LogP contribution in [-0.4, -0.2) is 35.4 Å². The lowest BCUT2D eigenvalue weighted by molar-refractivity contribution is 0.0697. The molecule has 3 aromatic carbocycles. The maximum Gasteiger partial charge on any atom is 0.335 e. The highest BCUT2D eigenvalue weighted by atomic mass is 16.5. The van der Waals surface area contributed by atoms with E-state index in [-0.39, 0.29) is 11.7 Å². The van der Waals surface area contributed by atoms with Gasteiger partial charge in [-0.25, -0.2) is 4.79 Å². The van der Waals surface area contributed by atoms with E-state index in [1.54, 1.807) is 12.1 Å². The molecule has 0 amide bonds. The lowest BCUT2D eigenvalue weighted by atomic mass is 9.96. The first-order valence-electron chi connectivity index (χ1n) is 10.2. The molecule has 1 heterocycles. The summed E-state index contributed by atoms with van der Waals surface area (Å²) in [5.74, 6) is -0.0288. The molecule has 0 fully saturated rings. The first-order chi connectivity index (χ1) is 14.6. The highest BCUT2D eigenvalue weighted by Crippen LogP contribution is 2.32. The van der Waals surface area contributed by atoms with Gasteiger partial charge in [-0.1, -0.05) is 48.5 Å². The number of aliphatic hydroxyl groups excluding tert-OH is 1. The number of aryl methyl sites for hydroxylation is 1. The standard InChI is InChI=1S/C25H25NO4/c27-23(18-4-2-1-3-5-18)16-26-15-22-12-10-21-14-20(11-13-24(21)30-22)17-6-8-19(9-7-17)25(28)29/h1-9,11,13-14,22-23,26-27H,10,12,15-16H2,(H,28,29)/t22-,23?/m1/s1. The lowest BCUT2D eigenvalue weighted by Crippen LogP contribution is -2.36. The summed E-state index contributed by atoms with van der Waals surface area (Å²) >= 11 is 0. The molecule has 0 aromatic heterocycles. The molecule has 0 bridgehead atoms. The van der Waals surface area contributed by atoms with Crippen LogP contribution in [0.5, 0.6) is 5.75 Å². The number of hydrogen-bond donors (Lipinski definition) is 3. The van der Waals surface area contributed by atoms with Gasteiger partial charge in [0.25, 0.3) is 0 Å². The van der Waals surface area contributed by atoms with E-state index in [9.17, 15) is 9.90 Å². The van der Waals surface area contributed by atoms with Gasteiger partial charge in [-0.3, -0.25) is 0 Å². The second-order valence-electron chi connectivity index (χ2n) is 7.57. The van der Waals surface area contributed by atoms with Gasteiger partial charge in [0.15, 0.2) is 0 Å². The Hall–Kier alpha value is -3.15. The van der Waals surface area contributed by atoms with Crippen molar-refractivity contribution in [2.45, 2.75) is 25.0 Å². The fraction of sp³-hybridized carbons (Fsp3) is 0.240. The number of hydrogen-bond acceptors (Lipinski definition) is 4. The molecule has 0 saturated heterocycles. The van der Waals surface area contributed by atoms with E-state index in [0.29, 0.717) is 13.1 Å². The predicted molar refractivity (Wildman–Crippen MR) is 116 cm³/mol. The van der Waals surface area contributed by atoms with Crippen LogP contribution in [0.4, 0.5) is 0 Å². The van der Waals surface area contributed by atoms with Crippen molar-refractivity contribution in [3.05, 3.63) is 89.5 Å². The third kappa shape index (κ3) is 4.70. The number of carboxylic acids is 1. The number of nitrogens with one attached hydrogen (secondary N) is 1. The van der Waals surface area contributed by atoms with Crippen LogP contribution < -0.4 is 10.1 Å². The van der Waals surface area contributed by atoms with Gasteiger partial charge in [0.05, 0.1) is 11.7 Å². The number of aliphatic hydroxyl groups is 1. The smallest absolute Gasteiger partial charge is 0.335 e. The van der Waals surface area contributed by atoms with Gasteiger partial charge in [-0.15, -0.1) is 0 Å². The molecule has 2 atom stereocenters. The van der Waals surface area contributed by atoms with Crippen LogP contribution in [0.1, 0.15) is 34.0 Å². The Bertz CT molecular complexity index is 1000. The van der Waals surface area contributed by atoms with E-state index in [1.807, 2.05) is 54.6 Å². The molecule has 0 aliphatic carbocycles. The Morgan fingerprint density at radius 2 is 1.77 bits per heavy atom.